The summed E-state index contributed by atoms with van der Waals surface area (Å²) < 4.78 is 55.7. The summed E-state index contributed by atoms with van der Waals surface area (Å²) in [6, 6.07) is 18.0. The van der Waals surface area contributed by atoms with Gasteiger partial charge in [0.2, 0.25) is 11.9 Å². The number of amides is 1. The zero-order valence-electron chi connectivity index (χ0n) is 20.9. The standard InChI is InChI=1S/C26H24ClN5O5S2/c1-18-4-10-23(11-5-18)39(36,37)32(24-16-20(27)7-6-19(24)2)17-25(33)30-21-8-12-22(13-9-21)38(34,35)31-26-28-14-3-15-29-26/h3-16H,17H2,1-2H3,(H,30,33)(H,28,29,31). The molecule has 0 fully saturated rings. The number of sulfonamides is 2. The number of aryl methyl sites for hydroxylation is 2. The molecule has 2 N–H and O–H groups in total. The molecule has 0 atom stereocenters. The van der Waals surface area contributed by atoms with Crippen molar-refractivity contribution in [3.05, 3.63) is 101 Å². The van der Waals surface area contributed by atoms with E-state index in [2.05, 4.69) is 20.0 Å². The molecule has 13 heteroatoms. The number of hydrogen-bond donors (Lipinski definition) is 2. The van der Waals surface area contributed by atoms with Gasteiger partial charge in [-0.25, -0.2) is 31.5 Å². The fourth-order valence-corrected chi connectivity index (χ4v) is 6.17. The first kappa shape index (κ1) is 28.0. The van der Waals surface area contributed by atoms with Crippen LogP contribution in [0.5, 0.6) is 0 Å². The number of nitrogens with zero attached hydrogens (tertiary/aromatic N) is 3. The summed E-state index contributed by atoms with van der Waals surface area (Å²) in [6.07, 6.45) is 2.80. The third-order valence-corrected chi connectivity index (χ3v) is 8.93. The second-order valence-corrected chi connectivity index (χ2v) is 12.5. The molecular weight excluding hydrogens is 562 g/mol. The predicted octanol–water partition coefficient (Wildman–Crippen LogP) is 4.38. The zero-order valence-corrected chi connectivity index (χ0v) is 23.3. The molecule has 202 valence electrons. The average Bonchev–Trinajstić information content (AvgIpc) is 2.89. The third-order valence-electron chi connectivity index (χ3n) is 5.58. The van der Waals surface area contributed by atoms with Crippen molar-refractivity contribution in [3.8, 4) is 0 Å². The smallest absolute Gasteiger partial charge is 0.264 e. The Labute approximate surface area is 231 Å². The second-order valence-electron chi connectivity index (χ2n) is 8.51. The van der Waals surface area contributed by atoms with Gasteiger partial charge in [0.05, 0.1) is 15.5 Å². The molecule has 39 heavy (non-hydrogen) atoms. The lowest BCUT2D eigenvalue weighted by Crippen LogP contribution is -2.38. The fourth-order valence-electron chi connectivity index (χ4n) is 3.57. The van der Waals surface area contributed by atoms with E-state index in [0.717, 1.165) is 9.87 Å². The highest BCUT2D eigenvalue weighted by molar-refractivity contribution is 7.93. The van der Waals surface area contributed by atoms with Gasteiger partial charge in [-0.05, 0) is 74.0 Å². The van der Waals surface area contributed by atoms with Crippen LogP contribution in [0.3, 0.4) is 0 Å². The molecule has 4 rings (SSSR count). The van der Waals surface area contributed by atoms with Gasteiger partial charge in [0.1, 0.15) is 6.54 Å². The largest absolute Gasteiger partial charge is 0.325 e. The number of benzene rings is 3. The van der Waals surface area contributed by atoms with E-state index in [1.54, 1.807) is 37.3 Å². The van der Waals surface area contributed by atoms with Gasteiger partial charge in [-0.2, -0.15) is 0 Å². The number of aromatic nitrogens is 2. The van der Waals surface area contributed by atoms with Gasteiger partial charge in [0.25, 0.3) is 20.0 Å². The summed E-state index contributed by atoms with van der Waals surface area (Å²) in [4.78, 5) is 20.7. The molecule has 0 aliphatic carbocycles. The molecule has 0 saturated heterocycles. The van der Waals surface area contributed by atoms with Crippen LogP contribution >= 0.6 is 11.6 Å². The van der Waals surface area contributed by atoms with Crippen LogP contribution in [0.25, 0.3) is 0 Å². The lowest BCUT2D eigenvalue weighted by Gasteiger charge is -2.26. The minimum atomic E-state index is -4.14. The van der Waals surface area contributed by atoms with Gasteiger partial charge >= 0.3 is 0 Å². The first-order valence-electron chi connectivity index (χ1n) is 11.5. The summed E-state index contributed by atoms with van der Waals surface area (Å²) in [5, 5.41) is 2.93. The van der Waals surface area contributed by atoms with Crippen LogP contribution in [-0.2, 0) is 24.8 Å². The quantitative estimate of drug-likeness (QED) is 0.297. The van der Waals surface area contributed by atoms with Crippen molar-refractivity contribution in [3.63, 3.8) is 0 Å². The van der Waals surface area contributed by atoms with Crippen molar-refractivity contribution in [2.45, 2.75) is 23.6 Å². The topological polar surface area (TPSA) is 138 Å². The Kier molecular flexibility index (Phi) is 8.19. The molecule has 0 unspecified atom stereocenters. The van der Waals surface area contributed by atoms with E-state index in [1.807, 2.05) is 6.92 Å². The van der Waals surface area contributed by atoms with Crippen molar-refractivity contribution in [2.75, 3.05) is 20.9 Å². The number of halogens is 1. The maximum absolute atomic E-state index is 13.6. The highest BCUT2D eigenvalue weighted by Gasteiger charge is 2.28. The summed E-state index contributed by atoms with van der Waals surface area (Å²) in [7, 11) is -8.10. The zero-order chi connectivity index (χ0) is 28.2. The summed E-state index contributed by atoms with van der Waals surface area (Å²) in [6.45, 7) is 3.00. The Morgan fingerprint density at radius 2 is 1.49 bits per heavy atom. The van der Waals surface area contributed by atoms with Crippen LogP contribution in [-0.4, -0.2) is 39.3 Å². The predicted molar refractivity (Wildman–Crippen MR) is 150 cm³/mol. The molecule has 0 saturated carbocycles. The van der Waals surface area contributed by atoms with E-state index in [4.69, 9.17) is 11.6 Å². The van der Waals surface area contributed by atoms with Crippen LogP contribution in [0.4, 0.5) is 17.3 Å². The molecule has 3 aromatic carbocycles. The molecule has 0 radical (unpaired) electrons. The van der Waals surface area contributed by atoms with E-state index in [1.165, 1.54) is 54.9 Å². The average molecular weight is 586 g/mol. The summed E-state index contributed by atoms with van der Waals surface area (Å²) in [5.41, 5.74) is 2.01. The van der Waals surface area contributed by atoms with E-state index >= 15 is 0 Å². The Morgan fingerprint density at radius 3 is 2.13 bits per heavy atom. The van der Waals surface area contributed by atoms with Crippen LogP contribution in [0.1, 0.15) is 11.1 Å². The van der Waals surface area contributed by atoms with Crippen molar-refractivity contribution < 1.29 is 21.6 Å². The molecule has 1 amide bonds. The highest BCUT2D eigenvalue weighted by Crippen LogP contribution is 2.30. The van der Waals surface area contributed by atoms with Gasteiger partial charge in [-0.3, -0.25) is 9.10 Å². The van der Waals surface area contributed by atoms with E-state index < -0.39 is 32.5 Å². The fraction of sp³-hybridized carbons (Fsp3) is 0.115. The first-order valence-corrected chi connectivity index (χ1v) is 14.8. The van der Waals surface area contributed by atoms with Gasteiger partial charge in [0, 0.05) is 23.1 Å². The maximum Gasteiger partial charge on any atom is 0.264 e. The van der Waals surface area contributed by atoms with E-state index in [9.17, 15) is 21.6 Å². The van der Waals surface area contributed by atoms with Crippen LogP contribution in [0, 0.1) is 13.8 Å². The van der Waals surface area contributed by atoms with Crippen LogP contribution in [0.15, 0.2) is 95.0 Å². The number of rotatable bonds is 9. The second kappa shape index (κ2) is 11.4. The van der Waals surface area contributed by atoms with Gasteiger partial charge in [0.15, 0.2) is 0 Å². The summed E-state index contributed by atoms with van der Waals surface area (Å²) in [5.74, 6) is -0.724. The Hall–Kier alpha value is -4.00. The van der Waals surface area contributed by atoms with Crippen LogP contribution < -0.4 is 14.3 Å². The third kappa shape index (κ3) is 6.72. The van der Waals surface area contributed by atoms with Gasteiger partial charge < -0.3 is 5.32 Å². The monoisotopic (exact) mass is 585 g/mol. The molecular formula is C26H24ClN5O5S2. The number of hydrogen-bond acceptors (Lipinski definition) is 7. The molecule has 4 aromatic rings. The number of carbonyl (C=O) groups is 1. The Morgan fingerprint density at radius 1 is 0.872 bits per heavy atom. The lowest BCUT2D eigenvalue weighted by atomic mass is 10.2. The minimum absolute atomic E-state index is 0.0183. The lowest BCUT2D eigenvalue weighted by molar-refractivity contribution is -0.114. The highest BCUT2D eigenvalue weighted by atomic mass is 35.5. The molecule has 0 aliphatic heterocycles. The molecule has 0 bridgehead atoms. The van der Waals surface area contributed by atoms with Gasteiger partial charge in [-0.15, -0.1) is 0 Å². The number of anilines is 3. The van der Waals surface area contributed by atoms with Crippen molar-refractivity contribution >= 4 is 54.9 Å². The normalized spacial score (nSPS) is 11.6. The first-order chi connectivity index (χ1) is 18.5. The number of carbonyl (C=O) groups excluding carboxylic acids is 1. The van der Waals surface area contributed by atoms with Gasteiger partial charge in [-0.1, -0.05) is 35.4 Å². The number of nitrogens with one attached hydrogen (secondary N) is 2. The molecule has 0 aliphatic rings. The Balaban J connectivity index is 1.57. The Bertz CT molecular complexity index is 1700. The minimum Gasteiger partial charge on any atom is -0.325 e. The van der Waals surface area contributed by atoms with E-state index in [0.29, 0.717) is 10.6 Å². The molecule has 10 nitrogen and oxygen atoms in total. The van der Waals surface area contributed by atoms with Crippen molar-refractivity contribution in [2.24, 2.45) is 0 Å². The van der Waals surface area contributed by atoms with E-state index in [-0.39, 0.29) is 27.1 Å². The van der Waals surface area contributed by atoms with Crippen molar-refractivity contribution in [1.82, 2.24) is 9.97 Å². The summed E-state index contributed by atoms with van der Waals surface area (Å²) >= 11 is 6.16. The molecule has 0 spiro atoms. The SMILES string of the molecule is Cc1ccc(S(=O)(=O)N(CC(=O)Nc2ccc(S(=O)(=O)Nc3ncccn3)cc2)c2cc(Cl)ccc2C)cc1. The van der Waals surface area contributed by atoms with Crippen molar-refractivity contribution in [1.29, 1.82) is 0 Å². The molecule has 1 heterocycles. The van der Waals surface area contributed by atoms with Crippen LogP contribution in [0.2, 0.25) is 5.02 Å². The molecule has 1 aromatic heterocycles. The maximum atomic E-state index is 13.6.